The summed E-state index contributed by atoms with van der Waals surface area (Å²) in [5.41, 5.74) is 2.31. The number of nitriles is 1. The van der Waals surface area contributed by atoms with E-state index in [4.69, 9.17) is 14.2 Å². The summed E-state index contributed by atoms with van der Waals surface area (Å²) in [6.45, 7) is 1.48. The monoisotopic (exact) mass is 421 g/mol. The van der Waals surface area contributed by atoms with Crippen molar-refractivity contribution in [3.63, 3.8) is 0 Å². The molecule has 0 aromatic heterocycles. The minimum atomic E-state index is -0.856. The molecule has 8 nitrogen and oxygen atoms in total. The van der Waals surface area contributed by atoms with Crippen LogP contribution in [0, 0.1) is 11.3 Å². The van der Waals surface area contributed by atoms with Gasteiger partial charge in [0.2, 0.25) is 6.79 Å². The molecule has 0 fully saturated rings. The summed E-state index contributed by atoms with van der Waals surface area (Å²) in [6, 6.07) is 14.2. The molecule has 0 spiro atoms. The van der Waals surface area contributed by atoms with Gasteiger partial charge in [-0.3, -0.25) is 4.79 Å². The first-order valence-corrected chi connectivity index (χ1v) is 9.62. The second-order valence-electron chi connectivity index (χ2n) is 7.13. The van der Waals surface area contributed by atoms with Gasteiger partial charge in [0.1, 0.15) is 11.6 Å². The summed E-state index contributed by atoms with van der Waals surface area (Å²) in [5, 5.41) is 12.0. The Kier molecular flexibility index (Phi) is 6.78. The van der Waals surface area contributed by atoms with Crippen LogP contribution in [0.4, 0.5) is 5.69 Å². The molecule has 0 unspecified atom stereocenters. The van der Waals surface area contributed by atoms with Crippen LogP contribution in [0.1, 0.15) is 24.1 Å². The van der Waals surface area contributed by atoms with Gasteiger partial charge in [-0.25, -0.2) is 4.79 Å². The number of carbonyl (C=O) groups excluding carboxylic acids is 2. The normalized spacial score (nSPS) is 13.2. The molecule has 2 aromatic carbocycles. The molecule has 31 heavy (non-hydrogen) atoms. The van der Waals surface area contributed by atoms with Crippen LogP contribution in [-0.2, 0) is 14.3 Å². The maximum atomic E-state index is 12.2. The number of fused-ring (bicyclic) bond motifs is 1. The third-order valence-corrected chi connectivity index (χ3v) is 4.67. The second-order valence-corrected chi connectivity index (χ2v) is 7.13. The van der Waals surface area contributed by atoms with E-state index in [-0.39, 0.29) is 18.4 Å². The molecule has 1 N–H and O–H groups in total. The number of nitrogens with zero attached hydrogens (tertiary/aromatic N) is 2. The average molecular weight is 421 g/mol. The molecule has 0 saturated carbocycles. The minimum absolute atomic E-state index is 0.171. The van der Waals surface area contributed by atoms with Crippen molar-refractivity contribution in [3.05, 3.63) is 59.2 Å². The number of esters is 1. The maximum Gasteiger partial charge on any atom is 0.349 e. The second kappa shape index (κ2) is 9.67. The van der Waals surface area contributed by atoms with Crippen molar-refractivity contribution in [1.82, 2.24) is 5.32 Å². The summed E-state index contributed by atoms with van der Waals surface area (Å²) in [4.78, 5) is 26.3. The van der Waals surface area contributed by atoms with Crippen LogP contribution in [-0.4, -0.2) is 39.4 Å². The van der Waals surface area contributed by atoms with E-state index in [1.165, 1.54) is 6.08 Å². The van der Waals surface area contributed by atoms with Gasteiger partial charge in [0, 0.05) is 19.8 Å². The van der Waals surface area contributed by atoms with Crippen molar-refractivity contribution >= 4 is 23.6 Å². The van der Waals surface area contributed by atoms with Crippen LogP contribution in [0.15, 0.2) is 48.0 Å². The van der Waals surface area contributed by atoms with Crippen molar-refractivity contribution in [1.29, 1.82) is 5.26 Å². The quantitative estimate of drug-likeness (QED) is 0.417. The number of carbonyl (C=O) groups is 2. The molecule has 1 aliphatic rings. The van der Waals surface area contributed by atoms with Crippen molar-refractivity contribution in [3.8, 4) is 17.6 Å². The number of amides is 1. The molecule has 1 amide bonds. The first kappa shape index (κ1) is 21.7. The molecular formula is C23H23N3O5. The van der Waals surface area contributed by atoms with E-state index >= 15 is 0 Å². The summed E-state index contributed by atoms with van der Waals surface area (Å²) >= 11 is 0. The van der Waals surface area contributed by atoms with Crippen LogP contribution in [0.3, 0.4) is 0 Å². The van der Waals surface area contributed by atoms with Gasteiger partial charge in [0.05, 0.1) is 6.04 Å². The maximum absolute atomic E-state index is 12.2. The zero-order valence-electron chi connectivity index (χ0n) is 17.5. The van der Waals surface area contributed by atoms with E-state index in [9.17, 15) is 14.9 Å². The number of hydrogen-bond acceptors (Lipinski definition) is 7. The predicted octanol–water partition coefficient (Wildman–Crippen LogP) is 2.81. The van der Waals surface area contributed by atoms with Crippen LogP contribution < -0.4 is 19.7 Å². The van der Waals surface area contributed by atoms with Crippen molar-refractivity contribution < 1.29 is 23.8 Å². The Labute approximate surface area is 180 Å². The highest BCUT2D eigenvalue weighted by molar-refractivity contribution is 5.98. The van der Waals surface area contributed by atoms with Crippen molar-refractivity contribution in [2.24, 2.45) is 0 Å². The van der Waals surface area contributed by atoms with Crippen molar-refractivity contribution in [2.45, 2.75) is 13.0 Å². The zero-order chi connectivity index (χ0) is 22.4. The SMILES string of the molecule is C[C@H](NC(=O)COC(=O)/C(C#N)=C/c1ccc(N(C)C)cc1)c1ccc2c(c1)OCO2. The Morgan fingerprint density at radius 3 is 2.58 bits per heavy atom. The molecule has 3 rings (SSSR count). The van der Waals surface area contributed by atoms with Gasteiger partial charge in [-0.2, -0.15) is 5.26 Å². The molecule has 1 heterocycles. The molecule has 1 aliphatic heterocycles. The predicted molar refractivity (Wildman–Crippen MR) is 114 cm³/mol. The Balaban J connectivity index is 1.54. The lowest BCUT2D eigenvalue weighted by Gasteiger charge is -2.15. The van der Waals surface area contributed by atoms with Gasteiger partial charge in [-0.1, -0.05) is 18.2 Å². The van der Waals surface area contributed by atoms with Gasteiger partial charge >= 0.3 is 5.97 Å². The number of rotatable bonds is 7. The lowest BCUT2D eigenvalue weighted by atomic mass is 10.1. The first-order valence-electron chi connectivity index (χ1n) is 9.62. The molecular weight excluding hydrogens is 398 g/mol. The van der Waals surface area contributed by atoms with E-state index in [0.717, 1.165) is 11.3 Å². The molecule has 0 aliphatic carbocycles. The molecule has 0 saturated heterocycles. The van der Waals surface area contributed by atoms with E-state index in [0.29, 0.717) is 17.1 Å². The largest absolute Gasteiger partial charge is 0.454 e. The number of anilines is 1. The molecule has 0 radical (unpaired) electrons. The highest BCUT2D eigenvalue weighted by Crippen LogP contribution is 2.34. The number of hydrogen-bond donors (Lipinski definition) is 1. The molecule has 160 valence electrons. The number of benzene rings is 2. The summed E-state index contributed by atoms with van der Waals surface area (Å²) < 4.78 is 15.6. The Hall–Kier alpha value is -3.99. The van der Waals surface area contributed by atoms with E-state index in [2.05, 4.69) is 5.32 Å². The Morgan fingerprint density at radius 2 is 1.90 bits per heavy atom. The Morgan fingerprint density at radius 1 is 1.19 bits per heavy atom. The highest BCUT2D eigenvalue weighted by atomic mass is 16.7. The van der Waals surface area contributed by atoms with E-state index < -0.39 is 18.5 Å². The van der Waals surface area contributed by atoms with Crippen LogP contribution in [0.25, 0.3) is 6.08 Å². The van der Waals surface area contributed by atoms with Crippen LogP contribution in [0.5, 0.6) is 11.5 Å². The first-order chi connectivity index (χ1) is 14.9. The van der Waals surface area contributed by atoms with E-state index in [1.807, 2.05) is 43.3 Å². The summed E-state index contributed by atoms with van der Waals surface area (Å²) in [5.74, 6) is -0.0629. The highest BCUT2D eigenvalue weighted by Gasteiger charge is 2.18. The van der Waals surface area contributed by atoms with Gasteiger partial charge < -0.3 is 24.4 Å². The fraction of sp³-hybridized carbons (Fsp3) is 0.261. The summed E-state index contributed by atoms with van der Waals surface area (Å²) in [7, 11) is 3.84. The number of nitrogens with one attached hydrogen (secondary N) is 1. The zero-order valence-corrected chi connectivity index (χ0v) is 17.5. The van der Waals surface area contributed by atoms with Crippen molar-refractivity contribution in [2.75, 3.05) is 32.4 Å². The molecule has 0 bridgehead atoms. The molecule has 1 atom stereocenters. The number of ether oxygens (including phenoxy) is 3. The Bertz CT molecular complexity index is 1040. The summed E-state index contributed by atoms with van der Waals surface area (Å²) in [6.07, 6.45) is 1.43. The standard InChI is InChI=1S/C23H23N3O5/c1-15(17-6-9-20-21(11-17)31-14-30-20)25-22(27)13-29-23(28)18(12-24)10-16-4-7-19(8-5-16)26(2)3/h4-11,15H,13-14H2,1-3H3,(H,25,27)/b18-10+/t15-/m0/s1. The lowest BCUT2D eigenvalue weighted by Crippen LogP contribution is -2.31. The third-order valence-electron chi connectivity index (χ3n) is 4.67. The molecule has 8 heteroatoms. The smallest absolute Gasteiger partial charge is 0.349 e. The third kappa shape index (κ3) is 5.54. The van der Waals surface area contributed by atoms with Crippen LogP contribution in [0.2, 0.25) is 0 Å². The van der Waals surface area contributed by atoms with E-state index in [1.54, 1.807) is 31.2 Å². The molecule has 2 aromatic rings. The van der Waals surface area contributed by atoms with Gasteiger partial charge in [0.25, 0.3) is 5.91 Å². The lowest BCUT2D eigenvalue weighted by molar-refractivity contribution is -0.144. The topological polar surface area (TPSA) is 101 Å². The average Bonchev–Trinajstić information content (AvgIpc) is 3.24. The van der Waals surface area contributed by atoms with Gasteiger partial charge in [-0.15, -0.1) is 0 Å². The van der Waals surface area contributed by atoms with Gasteiger partial charge in [0.15, 0.2) is 18.1 Å². The fourth-order valence-corrected chi connectivity index (χ4v) is 2.93. The fourth-order valence-electron chi connectivity index (χ4n) is 2.93. The van der Waals surface area contributed by atoms with Gasteiger partial charge in [-0.05, 0) is 48.4 Å². The minimum Gasteiger partial charge on any atom is -0.454 e. The van der Waals surface area contributed by atoms with Crippen LogP contribution >= 0.6 is 0 Å².